The fourth-order valence-electron chi connectivity index (χ4n) is 2.01. The van der Waals surface area contributed by atoms with E-state index in [1.807, 2.05) is 45.9 Å². The van der Waals surface area contributed by atoms with Crippen LogP contribution in [0, 0.1) is 11.3 Å². The number of nitriles is 1. The van der Waals surface area contributed by atoms with Crippen LogP contribution in [0.5, 0.6) is 0 Å². The van der Waals surface area contributed by atoms with Crippen LogP contribution in [-0.2, 0) is 14.9 Å². The van der Waals surface area contributed by atoms with Crippen LogP contribution in [0.15, 0.2) is 24.3 Å². The molecule has 20 heavy (non-hydrogen) atoms. The molecule has 1 aliphatic heterocycles. The lowest BCUT2D eigenvalue weighted by Crippen LogP contribution is -2.41. The molecule has 1 atom stereocenters. The summed E-state index contributed by atoms with van der Waals surface area (Å²) in [5.74, 6) is 0. The Morgan fingerprint density at radius 2 is 1.55 bits per heavy atom. The maximum Gasteiger partial charge on any atom is 0.494 e. The molecule has 1 unspecified atom stereocenters. The van der Waals surface area contributed by atoms with Gasteiger partial charge in [0.1, 0.15) is 6.07 Å². The van der Waals surface area contributed by atoms with Gasteiger partial charge in [-0.15, -0.1) is 0 Å². The molecule has 1 fully saturated rings. The average molecular weight is 273 g/mol. The summed E-state index contributed by atoms with van der Waals surface area (Å²) in [6.45, 7) is 9.48. The van der Waals surface area contributed by atoms with Crippen molar-refractivity contribution in [3.05, 3.63) is 29.8 Å². The highest BCUT2D eigenvalue weighted by Crippen LogP contribution is 2.36. The van der Waals surface area contributed by atoms with Crippen molar-refractivity contribution >= 4 is 12.6 Å². The van der Waals surface area contributed by atoms with Gasteiger partial charge in [0.05, 0.1) is 11.2 Å². The summed E-state index contributed by atoms with van der Waals surface area (Å²) in [6.07, 6.45) is 0. The van der Waals surface area contributed by atoms with Gasteiger partial charge < -0.3 is 14.4 Å². The van der Waals surface area contributed by atoms with E-state index in [0.717, 1.165) is 5.46 Å². The van der Waals surface area contributed by atoms with Crippen LogP contribution < -0.4 is 5.46 Å². The molecule has 0 bridgehead atoms. The lowest BCUT2D eigenvalue weighted by atomic mass is 9.78. The maximum absolute atomic E-state index is 9.89. The maximum atomic E-state index is 9.89. The Hall–Kier alpha value is -1.35. The lowest BCUT2D eigenvalue weighted by molar-refractivity contribution is 0.00578. The molecule has 1 N–H and O–H groups in total. The van der Waals surface area contributed by atoms with E-state index in [1.54, 1.807) is 12.1 Å². The highest BCUT2D eigenvalue weighted by Gasteiger charge is 2.51. The molecule has 4 nitrogen and oxygen atoms in total. The first-order valence-electron chi connectivity index (χ1n) is 6.69. The summed E-state index contributed by atoms with van der Waals surface area (Å²) in [5, 5.41) is 18.8. The molecule has 0 aliphatic carbocycles. The normalized spacial score (nSPS) is 23.1. The van der Waals surface area contributed by atoms with Gasteiger partial charge >= 0.3 is 7.12 Å². The number of aliphatic hydroxyl groups is 1. The largest absolute Gasteiger partial charge is 0.494 e. The SMILES string of the molecule is CC(O)(C#N)c1ccc(B2OC(C)(C)C(C)(C)O2)cc1. The standard InChI is InChI=1S/C15H20BNO3/c1-13(2)14(3,4)20-16(19-13)12-8-6-11(7-9-12)15(5,18)10-17/h6-9,18H,1-5H3. The van der Waals surface area contributed by atoms with Crippen molar-refractivity contribution in [2.75, 3.05) is 0 Å². The van der Waals surface area contributed by atoms with Gasteiger partial charge in [-0.25, -0.2) is 0 Å². The molecule has 0 aromatic heterocycles. The predicted octanol–water partition coefficient (Wildman–Crippen LogP) is 1.72. The van der Waals surface area contributed by atoms with E-state index in [9.17, 15) is 5.11 Å². The molecule has 2 rings (SSSR count). The minimum absolute atomic E-state index is 0.380. The van der Waals surface area contributed by atoms with Gasteiger partial charge in [-0.1, -0.05) is 24.3 Å². The van der Waals surface area contributed by atoms with Gasteiger partial charge in [0, 0.05) is 0 Å². The second-order valence-electron chi connectivity index (χ2n) is 6.39. The lowest BCUT2D eigenvalue weighted by Gasteiger charge is -2.32. The van der Waals surface area contributed by atoms with Crippen LogP contribution in [0.4, 0.5) is 0 Å². The summed E-state index contributed by atoms with van der Waals surface area (Å²) >= 11 is 0. The quantitative estimate of drug-likeness (QED) is 0.658. The fourth-order valence-corrected chi connectivity index (χ4v) is 2.01. The highest BCUT2D eigenvalue weighted by molar-refractivity contribution is 6.62. The summed E-state index contributed by atoms with van der Waals surface area (Å²) in [5.41, 5.74) is -0.807. The molecule has 1 aromatic carbocycles. The zero-order chi connectivity index (χ0) is 15.2. The van der Waals surface area contributed by atoms with E-state index < -0.39 is 12.7 Å². The fraction of sp³-hybridized carbons (Fsp3) is 0.533. The molecule has 0 radical (unpaired) electrons. The number of nitrogens with zero attached hydrogens (tertiary/aromatic N) is 1. The third-order valence-electron chi connectivity index (χ3n) is 4.22. The first kappa shape index (κ1) is 15.1. The van der Waals surface area contributed by atoms with Gasteiger partial charge in [-0.3, -0.25) is 0 Å². The minimum Gasteiger partial charge on any atom is -0.399 e. The summed E-state index contributed by atoms with van der Waals surface area (Å²) in [4.78, 5) is 0. The average Bonchev–Trinajstić information content (AvgIpc) is 2.59. The van der Waals surface area contributed by atoms with E-state index in [1.165, 1.54) is 6.92 Å². The van der Waals surface area contributed by atoms with Gasteiger partial charge in [-0.05, 0) is 45.6 Å². The molecular formula is C15H20BNO3. The molecule has 5 heteroatoms. The Morgan fingerprint density at radius 3 is 1.95 bits per heavy atom. The Labute approximate surface area is 120 Å². The first-order chi connectivity index (χ1) is 9.09. The first-order valence-corrected chi connectivity index (χ1v) is 6.69. The van der Waals surface area contributed by atoms with Crippen molar-refractivity contribution in [1.82, 2.24) is 0 Å². The Balaban J connectivity index is 2.23. The van der Waals surface area contributed by atoms with Crippen LogP contribution >= 0.6 is 0 Å². The number of hydrogen-bond acceptors (Lipinski definition) is 4. The molecule has 106 valence electrons. The highest BCUT2D eigenvalue weighted by atomic mass is 16.7. The van der Waals surface area contributed by atoms with Crippen molar-refractivity contribution < 1.29 is 14.4 Å². The second-order valence-corrected chi connectivity index (χ2v) is 6.39. The van der Waals surface area contributed by atoms with Crippen molar-refractivity contribution in [2.45, 2.75) is 51.4 Å². The number of benzene rings is 1. The summed E-state index contributed by atoms with van der Waals surface area (Å²) < 4.78 is 11.9. The third-order valence-corrected chi connectivity index (χ3v) is 4.22. The van der Waals surface area contributed by atoms with Crippen LogP contribution in [0.2, 0.25) is 0 Å². The summed E-state index contributed by atoms with van der Waals surface area (Å²) in [7, 11) is -0.430. The number of hydrogen-bond donors (Lipinski definition) is 1. The Kier molecular flexibility index (Phi) is 3.46. The van der Waals surface area contributed by atoms with Gasteiger partial charge in [0.25, 0.3) is 0 Å². The Morgan fingerprint density at radius 1 is 1.10 bits per heavy atom. The van der Waals surface area contributed by atoms with Crippen molar-refractivity contribution in [1.29, 1.82) is 5.26 Å². The van der Waals surface area contributed by atoms with Crippen LogP contribution in [-0.4, -0.2) is 23.4 Å². The Bertz CT molecular complexity index is 527. The molecule has 0 spiro atoms. The smallest absolute Gasteiger partial charge is 0.399 e. The van der Waals surface area contributed by atoms with Crippen molar-refractivity contribution in [3.63, 3.8) is 0 Å². The molecule has 1 aliphatic rings. The zero-order valence-electron chi connectivity index (χ0n) is 12.6. The van der Waals surface area contributed by atoms with E-state index in [2.05, 4.69) is 0 Å². The van der Waals surface area contributed by atoms with Crippen LogP contribution in [0.1, 0.15) is 40.2 Å². The van der Waals surface area contributed by atoms with E-state index >= 15 is 0 Å². The molecule has 1 heterocycles. The zero-order valence-corrected chi connectivity index (χ0v) is 12.6. The van der Waals surface area contributed by atoms with Crippen molar-refractivity contribution in [2.24, 2.45) is 0 Å². The van der Waals surface area contributed by atoms with Gasteiger partial charge in [0.15, 0.2) is 5.60 Å². The van der Waals surface area contributed by atoms with Gasteiger partial charge in [-0.2, -0.15) is 5.26 Å². The van der Waals surface area contributed by atoms with Crippen LogP contribution in [0.25, 0.3) is 0 Å². The molecule has 0 saturated carbocycles. The third kappa shape index (κ3) is 2.47. The van der Waals surface area contributed by atoms with Gasteiger partial charge in [0.2, 0.25) is 0 Å². The monoisotopic (exact) mass is 273 g/mol. The summed E-state index contributed by atoms with van der Waals surface area (Å²) in [6, 6.07) is 8.96. The number of rotatable bonds is 2. The predicted molar refractivity (Wildman–Crippen MR) is 77.3 cm³/mol. The second kappa shape index (κ2) is 4.59. The van der Waals surface area contributed by atoms with E-state index in [0.29, 0.717) is 5.56 Å². The van der Waals surface area contributed by atoms with E-state index in [4.69, 9.17) is 14.6 Å². The molecule has 1 aromatic rings. The van der Waals surface area contributed by atoms with E-state index in [-0.39, 0.29) is 11.2 Å². The molecule has 1 saturated heterocycles. The molecule has 0 amide bonds. The van der Waals surface area contributed by atoms with Crippen LogP contribution in [0.3, 0.4) is 0 Å². The molecular weight excluding hydrogens is 253 g/mol. The minimum atomic E-state index is -1.48. The van der Waals surface area contributed by atoms with Crippen molar-refractivity contribution in [3.8, 4) is 6.07 Å². The topological polar surface area (TPSA) is 62.5 Å².